The fourth-order valence-corrected chi connectivity index (χ4v) is 1.36. The van der Waals surface area contributed by atoms with Gasteiger partial charge in [0.2, 0.25) is 0 Å². The van der Waals surface area contributed by atoms with Crippen LogP contribution in [0.25, 0.3) is 0 Å². The topological polar surface area (TPSA) is 0 Å². The Morgan fingerprint density at radius 1 is 1.25 bits per heavy atom. The van der Waals surface area contributed by atoms with E-state index in [1.54, 1.807) is 11.8 Å². The number of hydrogen-bond donors (Lipinski definition) is 0. The van der Waals surface area contributed by atoms with E-state index in [0.29, 0.717) is 0 Å². The van der Waals surface area contributed by atoms with Crippen molar-refractivity contribution < 1.29 is 0 Å². The Bertz CT molecular complexity index is 233. The molecule has 0 N–H and O–H groups in total. The Labute approximate surface area is 84.3 Å². The molecule has 0 fully saturated rings. The zero-order chi connectivity index (χ0) is 9.56. The van der Waals surface area contributed by atoms with Gasteiger partial charge < -0.3 is 0 Å². The van der Waals surface area contributed by atoms with E-state index in [1.807, 2.05) is 32.9 Å². The van der Waals surface area contributed by atoms with Crippen LogP contribution < -0.4 is 0 Å². The molecule has 0 aliphatic rings. The van der Waals surface area contributed by atoms with E-state index in [1.165, 1.54) is 4.90 Å². The normalized spacial score (nSPS) is 8.75. The second-order valence-corrected chi connectivity index (χ2v) is 3.40. The summed E-state index contributed by atoms with van der Waals surface area (Å²) in [6.45, 7) is 6.02. The van der Waals surface area contributed by atoms with Crippen LogP contribution in [-0.2, 0) is 0 Å². The molecule has 0 unspecified atom stereocenters. The van der Waals surface area contributed by atoms with E-state index >= 15 is 0 Å². The average molecular weight is 203 g/mol. The predicted octanol–water partition coefficient (Wildman–Crippen LogP) is 4.40. The number of benzene rings is 1. The van der Waals surface area contributed by atoms with Crippen molar-refractivity contribution >= 4 is 23.4 Å². The quantitative estimate of drug-likeness (QED) is 0.609. The minimum atomic E-state index is 0.845. The lowest BCUT2D eigenvalue weighted by atomic mass is 10.2. The highest BCUT2D eigenvalue weighted by Crippen LogP contribution is 2.21. The van der Waals surface area contributed by atoms with Gasteiger partial charge in [0.25, 0.3) is 0 Å². The molecule has 0 aromatic heterocycles. The summed E-state index contributed by atoms with van der Waals surface area (Å²) < 4.78 is 0. The third-order valence-corrected chi connectivity index (χ3v) is 2.51. The summed E-state index contributed by atoms with van der Waals surface area (Å²) in [7, 11) is 0. The van der Waals surface area contributed by atoms with Crippen LogP contribution in [0, 0.1) is 6.92 Å². The third kappa shape index (κ3) is 3.51. The first kappa shape index (κ1) is 11.9. The van der Waals surface area contributed by atoms with Crippen LogP contribution in [-0.4, -0.2) is 6.26 Å². The van der Waals surface area contributed by atoms with Gasteiger partial charge in [-0.15, -0.1) is 11.8 Å². The van der Waals surface area contributed by atoms with E-state index in [4.69, 9.17) is 11.6 Å². The van der Waals surface area contributed by atoms with Crippen LogP contribution >= 0.6 is 23.4 Å². The first-order valence-corrected chi connectivity index (χ1v) is 5.64. The van der Waals surface area contributed by atoms with Crippen molar-refractivity contribution in [3.05, 3.63) is 28.8 Å². The minimum Gasteiger partial charge on any atom is -0.130 e. The summed E-state index contributed by atoms with van der Waals surface area (Å²) in [6, 6.07) is 6.05. The maximum Gasteiger partial charge on any atom is 0.0435 e. The van der Waals surface area contributed by atoms with E-state index in [2.05, 4.69) is 12.3 Å². The molecular weight excluding hydrogens is 188 g/mol. The SMILES string of the molecule is CC.CSc1ccc(Cl)c(C)c1. The van der Waals surface area contributed by atoms with Crippen LogP contribution in [0.3, 0.4) is 0 Å². The summed E-state index contributed by atoms with van der Waals surface area (Å²) >= 11 is 7.56. The zero-order valence-electron chi connectivity index (χ0n) is 8.02. The van der Waals surface area contributed by atoms with Crippen LogP contribution in [0.2, 0.25) is 5.02 Å². The highest BCUT2D eigenvalue weighted by molar-refractivity contribution is 7.98. The van der Waals surface area contributed by atoms with Crippen molar-refractivity contribution in [2.45, 2.75) is 25.7 Å². The molecule has 0 radical (unpaired) electrons. The first-order valence-electron chi connectivity index (χ1n) is 4.04. The van der Waals surface area contributed by atoms with E-state index in [-0.39, 0.29) is 0 Å². The molecule has 0 atom stereocenters. The first-order chi connectivity index (χ1) is 5.74. The van der Waals surface area contributed by atoms with Crippen molar-refractivity contribution in [1.29, 1.82) is 0 Å². The molecule has 0 saturated heterocycles. The lowest BCUT2D eigenvalue weighted by Gasteiger charge is -1.99. The van der Waals surface area contributed by atoms with Crippen molar-refractivity contribution in [2.24, 2.45) is 0 Å². The van der Waals surface area contributed by atoms with Gasteiger partial charge in [-0.25, -0.2) is 0 Å². The highest BCUT2D eigenvalue weighted by atomic mass is 35.5. The molecule has 0 heterocycles. The molecule has 0 aliphatic carbocycles. The molecule has 0 bridgehead atoms. The zero-order valence-corrected chi connectivity index (χ0v) is 9.59. The number of aryl methyl sites for hydroxylation is 1. The van der Waals surface area contributed by atoms with Gasteiger partial charge in [-0.3, -0.25) is 0 Å². The maximum atomic E-state index is 5.83. The summed E-state index contributed by atoms with van der Waals surface area (Å²) in [5, 5.41) is 0.845. The lowest BCUT2D eigenvalue weighted by Crippen LogP contribution is -1.75. The predicted molar refractivity (Wildman–Crippen MR) is 59.3 cm³/mol. The van der Waals surface area contributed by atoms with Crippen LogP contribution in [0.5, 0.6) is 0 Å². The van der Waals surface area contributed by atoms with Gasteiger partial charge in [-0.2, -0.15) is 0 Å². The molecule has 0 aliphatic heterocycles. The van der Waals surface area contributed by atoms with Crippen molar-refractivity contribution in [1.82, 2.24) is 0 Å². The van der Waals surface area contributed by atoms with Gasteiger partial charge in [0.15, 0.2) is 0 Å². The van der Waals surface area contributed by atoms with E-state index in [0.717, 1.165) is 10.6 Å². The van der Waals surface area contributed by atoms with Crippen molar-refractivity contribution in [3.8, 4) is 0 Å². The third-order valence-electron chi connectivity index (χ3n) is 1.37. The summed E-state index contributed by atoms with van der Waals surface area (Å²) in [4.78, 5) is 1.27. The molecule has 0 spiro atoms. The van der Waals surface area contributed by atoms with Gasteiger partial charge in [0.1, 0.15) is 0 Å². The van der Waals surface area contributed by atoms with Gasteiger partial charge in [-0.05, 0) is 36.9 Å². The lowest BCUT2D eigenvalue weighted by molar-refractivity contribution is 1.36. The molecule has 0 saturated carbocycles. The Balaban J connectivity index is 0.000000561. The smallest absolute Gasteiger partial charge is 0.0435 e. The molecule has 0 amide bonds. The van der Waals surface area contributed by atoms with Crippen LogP contribution in [0.15, 0.2) is 23.1 Å². The van der Waals surface area contributed by atoms with Gasteiger partial charge in [0.05, 0.1) is 0 Å². The summed E-state index contributed by atoms with van der Waals surface area (Å²) in [5.41, 5.74) is 1.15. The fourth-order valence-electron chi connectivity index (χ4n) is 0.744. The Morgan fingerprint density at radius 2 is 1.83 bits per heavy atom. The summed E-state index contributed by atoms with van der Waals surface area (Å²) in [6.07, 6.45) is 2.06. The second-order valence-electron chi connectivity index (χ2n) is 2.12. The van der Waals surface area contributed by atoms with Crippen molar-refractivity contribution in [2.75, 3.05) is 6.26 Å². The Kier molecular flexibility index (Phi) is 6.31. The number of thioether (sulfide) groups is 1. The van der Waals surface area contributed by atoms with E-state index in [9.17, 15) is 0 Å². The van der Waals surface area contributed by atoms with Crippen LogP contribution in [0.4, 0.5) is 0 Å². The molecule has 1 aromatic rings. The highest BCUT2D eigenvalue weighted by Gasteiger charge is 1.94. The fraction of sp³-hybridized carbons (Fsp3) is 0.400. The molecule has 68 valence electrons. The standard InChI is InChI=1S/C8H9ClS.C2H6/c1-6-5-7(10-2)3-4-8(6)9;1-2/h3-5H,1-2H3;1-2H3. The molecular formula is C10H15ClS. The largest absolute Gasteiger partial charge is 0.130 e. The van der Waals surface area contributed by atoms with Gasteiger partial charge in [0, 0.05) is 9.92 Å². The minimum absolute atomic E-state index is 0.845. The Morgan fingerprint density at radius 3 is 2.25 bits per heavy atom. The van der Waals surface area contributed by atoms with Gasteiger partial charge >= 0.3 is 0 Å². The number of rotatable bonds is 1. The summed E-state index contributed by atoms with van der Waals surface area (Å²) in [5.74, 6) is 0. The molecule has 1 rings (SSSR count). The molecule has 2 heteroatoms. The van der Waals surface area contributed by atoms with Crippen molar-refractivity contribution in [3.63, 3.8) is 0 Å². The number of hydrogen-bond acceptors (Lipinski definition) is 1. The molecule has 0 nitrogen and oxygen atoms in total. The van der Waals surface area contributed by atoms with Gasteiger partial charge in [-0.1, -0.05) is 25.4 Å². The number of halogens is 1. The average Bonchev–Trinajstić information content (AvgIpc) is 2.13. The van der Waals surface area contributed by atoms with Crippen LogP contribution in [0.1, 0.15) is 19.4 Å². The Hall–Kier alpha value is -0.140. The maximum absolute atomic E-state index is 5.83. The molecule has 12 heavy (non-hydrogen) atoms. The molecule has 1 aromatic carbocycles. The second kappa shape index (κ2) is 6.38. The monoisotopic (exact) mass is 202 g/mol. The van der Waals surface area contributed by atoms with E-state index < -0.39 is 0 Å².